The van der Waals surface area contributed by atoms with Gasteiger partial charge in [0.1, 0.15) is 6.33 Å². The molecule has 9 heteroatoms. The summed E-state index contributed by atoms with van der Waals surface area (Å²) >= 11 is 11.8. The molecular weight excluding hydrogens is 363 g/mol. The van der Waals surface area contributed by atoms with Gasteiger partial charge in [-0.3, -0.25) is 4.79 Å². The average Bonchev–Trinajstić information content (AvgIpc) is 3.07. The predicted octanol–water partition coefficient (Wildman–Crippen LogP) is 3.33. The summed E-state index contributed by atoms with van der Waals surface area (Å²) in [6.45, 7) is 2.01. The van der Waals surface area contributed by atoms with E-state index in [-0.39, 0.29) is 12.5 Å². The molecule has 0 saturated heterocycles. The van der Waals surface area contributed by atoms with Crippen molar-refractivity contribution in [2.24, 2.45) is 0 Å². The number of halogens is 2. The van der Waals surface area contributed by atoms with E-state index >= 15 is 0 Å². The molecule has 0 unspecified atom stereocenters. The van der Waals surface area contributed by atoms with Crippen molar-refractivity contribution in [3.05, 3.63) is 58.3 Å². The minimum atomic E-state index is -0.217. The molecule has 1 heterocycles. The van der Waals surface area contributed by atoms with E-state index in [4.69, 9.17) is 23.2 Å². The smallest absolute Gasteiger partial charge is 0.243 e. The molecule has 2 N–H and O–H groups in total. The molecule has 2 aromatic carbocycles. The lowest BCUT2D eigenvalue weighted by Crippen LogP contribution is -2.22. The molecule has 0 atom stereocenters. The molecule has 0 spiro atoms. The van der Waals surface area contributed by atoms with E-state index in [1.165, 1.54) is 6.33 Å². The number of benzene rings is 2. The molecule has 0 bridgehead atoms. The third kappa shape index (κ3) is 4.26. The molecule has 1 aromatic heterocycles. The van der Waals surface area contributed by atoms with Crippen molar-refractivity contribution in [3.63, 3.8) is 0 Å². The number of anilines is 2. The van der Waals surface area contributed by atoms with Crippen molar-refractivity contribution in [1.29, 1.82) is 0 Å². The van der Waals surface area contributed by atoms with Crippen LogP contribution in [-0.2, 0) is 4.79 Å². The number of hydrogen-bond donors (Lipinski definition) is 2. The SMILES string of the molecule is Cc1c(NCC(=O)Nc2cc(Cl)cc(Cl)c2)cccc1-n1cnnn1. The molecule has 0 aliphatic rings. The lowest BCUT2D eigenvalue weighted by atomic mass is 10.1. The first-order chi connectivity index (χ1) is 12.0. The van der Waals surface area contributed by atoms with Gasteiger partial charge >= 0.3 is 0 Å². The van der Waals surface area contributed by atoms with E-state index in [0.717, 1.165) is 16.9 Å². The Morgan fingerprint density at radius 1 is 1.20 bits per heavy atom. The first-order valence-corrected chi connectivity index (χ1v) is 8.11. The van der Waals surface area contributed by atoms with Crippen LogP contribution in [0.3, 0.4) is 0 Å². The largest absolute Gasteiger partial charge is 0.376 e. The Bertz CT molecular complexity index is 877. The van der Waals surface area contributed by atoms with Gasteiger partial charge in [0.25, 0.3) is 0 Å². The van der Waals surface area contributed by atoms with Gasteiger partial charge in [-0.2, -0.15) is 0 Å². The average molecular weight is 377 g/mol. The van der Waals surface area contributed by atoms with Crippen LogP contribution in [0.2, 0.25) is 10.0 Å². The topological polar surface area (TPSA) is 84.7 Å². The summed E-state index contributed by atoms with van der Waals surface area (Å²) < 4.78 is 1.56. The number of nitrogens with one attached hydrogen (secondary N) is 2. The van der Waals surface area contributed by atoms with Crippen LogP contribution in [0.1, 0.15) is 5.56 Å². The fraction of sp³-hybridized carbons (Fsp3) is 0.125. The summed E-state index contributed by atoms with van der Waals surface area (Å²) in [4.78, 5) is 12.1. The number of tetrazole rings is 1. The number of hydrogen-bond acceptors (Lipinski definition) is 5. The fourth-order valence-electron chi connectivity index (χ4n) is 2.34. The van der Waals surface area contributed by atoms with Crippen molar-refractivity contribution < 1.29 is 4.79 Å². The fourth-order valence-corrected chi connectivity index (χ4v) is 2.87. The molecule has 0 aliphatic carbocycles. The molecule has 0 aliphatic heterocycles. The zero-order chi connectivity index (χ0) is 17.8. The normalized spacial score (nSPS) is 10.5. The highest BCUT2D eigenvalue weighted by Crippen LogP contribution is 2.23. The Morgan fingerprint density at radius 3 is 2.64 bits per heavy atom. The van der Waals surface area contributed by atoms with Crippen molar-refractivity contribution in [2.75, 3.05) is 17.2 Å². The Morgan fingerprint density at radius 2 is 1.96 bits per heavy atom. The van der Waals surface area contributed by atoms with E-state index < -0.39 is 0 Å². The molecule has 25 heavy (non-hydrogen) atoms. The maximum Gasteiger partial charge on any atom is 0.243 e. The maximum atomic E-state index is 12.1. The molecule has 0 fully saturated rings. The van der Waals surface area contributed by atoms with Crippen LogP contribution in [0.4, 0.5) is 11.4 Å². The van der Waals surface area contributed by atoms with Crippen molar-refractivity contribution >= 4 is 40.5 Å². The number of carbonyl (C=O) groups excluding carboxylic acids is 1. The summed E-state index contributed by atoms with van der Waals surface area (Å²) in [6, 6.07) is 10.5. The second-order valence-corrected chi connectivity index (χ2v) is 6.14. The lowest BCUT2D eigenvalue weighted by Gasteiger charge is -2.13. The maximum absolute atomic E-state index is 12.1. The third-order valence-corrected chi connectivity index (χ3v) is 3.92. The summed E-state index contributed by atoms with van der Waals surface area (Å²) in [5.74, 6) is -0.217. The summed E-state index contributed by atoms with van der Waals surface area (Å²) in [7, 11) is 0. The first kappa shape index (κ1) is 17.2. The Labute approximate surface area is 153 Å². The monoisotopic (exact) mass is 376 g/mol. The van der Waals surface area contributed by atoms with Crippen LogP contribution in [0, 0.1) is 6.92 Å². The van der Waals surface area contributed by atoms with Crippen LogP contribution < -0.4 is 10.6 Å². The van der Waals surface area contributed by atoms with Crippen LogP contribution in [0.25, 0.3) is 5.69 Å². The Kier molecular flexibility index (Phi) is 5.16. The number of nitrogens with zero attached hydrogens (tertiary/aromatic N) is 4. The molecular formula is C16H14Cl2N6O. The van der Waals surface area contributed by atoms with Gasteiger partial charge in [0.05, 0.1) is 12.2 Å². The van der Waals surface area contributed by atoms with E-state index in [9.17, 15) is 4.79 Å². The summed E-state index contributed by atoms with van der Waals surface area (Å²) in [5.41, 5.74) is 3.11. The molecule has 0 saturated carbocycles. The second-order valence-electron chi connectivity index (χ2n) is 5.26. The standard InChI is InChI=1S/C16H14Cl2N6O/c1-10-14(3-2-4-15(10)24-9-20-22-23-24)19-8-16(25)21-13-6-11(17)5-12(18)7-13/h2-7,9,19H,8H2,1H3,(H,21,25). The Hall–Kier alpha value is -2.64. The lowest BCUT2D eigenvalue weighted by molar-refractivity contribution is -0.114. The highest BCUT2D eigenvalue weighted by molar-refractivity contribution is 6.35. The quantitative estimate of drug-likeness (QED) is 0.713. The van der Waals surface area contributed by atoms with Gasteiger partial charge in [-0.25, -0.2) is 4.68 Å². The van der Waals surface area contributed by atoms with Gasteiger partial charge in [0.2, 0.25) is 5.91 Å². The van der Waals surface area contributed by atoms with Crippen molar-refractivity contribution in [3.8, 4) is 5.69 Å². The second kappa shape index (κ2) is 7.50. The molecule has 7 nitrogen and oxygen atoms in total. The van der Waals surface area contributed by atoms with Crippen LogP contribution in [-0.4, -0.2) is 32.7 Å². The number of aromatic nitrogens is 4. The molecule has 128 valence electrons. The highest BCUT2D eigenvalue weighted by Gasteiger charge is 2.09. The van der Waals surface area contributed by atoms with Gasteiger partial charge < -0.3 is 10.6 Å². The molecule has 3 rings (SSSR count). The van der Waals surface area contributed by atoms with Crippen LogP contribution in [0.5, 0.6) is 0 Å². The van der Waals surface area contributed by atoms with Gasteiger partial charge in [0.15, 0.2) is 0 Å². The highest BCUT2D eigenvalue weighted by atomic mass is 35.5. The van der Waals surface area contributed by atoms with Gasteiger partial charge in [0, 0.05) is 21.4 Å². The van der Waals surface area contributed by atoms with Crippen molar-refractivity contribution in [2.45, 2.75) is 6.92 Å². The van der Waals surface area contributed by atoms with Crippen molar-refractivity contribution in [1.82, 2.24) is 20.2 Å². The van der Waals surface area contributed by atoms with Gasteiger partial charge in [-0.15, -0.1) is 5.10 Å². The Balaban J connectivity index is 1.67. The van der Waals surface area contributed by atoms with E-state index in [1.807, 2.05) is 25.1 Å². The van der Waals surface area contributed by atoms with Crippen LogP contribution in [0.15, 0.2) is 42.7 Å². The van der Waals surface area contributed by atoms with Gasteiger partial charge in [-0.1, -0.05) is 29.3 Å². The minimum Gasteiger partial charge on any atom is -0.376 e. The third-order valence-electron chi connectivity index (χ3n) is 3.49. The van der Waals surface area contributed by atoms with E-state index in [1.54, 1.807) is 22.9 Å². The number of rotatable bonds is 5. The summed E-state index contributed by atoms with van der Waals surface area (Å²) in [6.07, 6.45) is 1.52. The molecule has 0 radical (unpaired) electrons. The molecule has 1 amide bonds. The number of carbonyl (C=O) groups is 1. The van der Waals surface area contributed by atoms with Gasteiger partial charge in [-0.05, 0) is 53.2 Å². The predicted molar refractivity (Wildman–Crippen MR) is 97.5 cm³/mol. The van der Waals surface area contributed by atoms with E-state index in [2.05, 4.69) is 26.2 Å². The minimum absolute atomic E-state index is 0.0873. The van der Waals surface area contributed by atoms with E-state index in [0.29, 0.717) is 15.7 Å². The molecule has 3 aromatic rings. The summed E-state index contributed by atoms with van der Waals surface area (Å²) in [5, 5.41) is 17.9. The zero-order valence-electron chi connectivity index (χ0n) is 13.2. The van der Waals surface area contributed by atoms with Crippen LogP contribution >= 0.6 is 23.2 Å². The number of amides is 1. The first-order valence-electron chi connectivity index (χ1n) is 7.36. The zero-order valence-corrected chi connectivity index (χ0v) is 14.7.